The summed E-state index contributed by atoms with van der Waals surface area (Å²) >= 11 is 0. The van der Waals surface area contributed by atoms with Gasteiger partial charge in [0.15, 0.2) is 0 Å². The Bertz CT molecular complexity index is 329. The standard InChI is InChI=1S/C13H22N2/c1-12(2,3)8-10-7-11(13(4,5)6)15-14-9-10/h7,9H,8H2,1-6H3. The molecule has 0 bridgehead atoms. The van der Waals surface area contributed by atoms with Crippen LogP contribution in [0.1, 0.15) is 52.8 Å². The van der Waals surface area contributed by atoms with Gasteiger partial charge < -0.3 is 0 Å². The van der Waals surface area contributed by atoms with Gasteiger partial charge in [0.2, 0.25) is 0 Å². The highest BCUT2D eigenvalue weighted by molar-refractivity contribution is 5.19. The van der Waals surface area contributed by atoms with Crippen LogP contribution in [-0.4, -0.2) is 10.2 Å². The molecule has 0 atom stereocenters. The van der Waals surface area contributed by atoms with Gasteiger partial charge in [0.1, 0.15) is 0 Å². The Morgan fingerprint density at radius 3 is 2.13 bits per heavy atom. The van der Waals surface area contributed by atoms with Crippen molar-refractivity contribution in [2.45, 2.75) is 53.4 Å². The largest absolute Gasteiger partial charge is 0.159 e. The predicted octanol–water partition coefficient (Wildman–Crippen LogP) is 3.36. The quantitative estimate of drug-likeness (QED) is 0.704. The SMILES string of the molecule is CC(C)(C)Cc1cnnc(C(C)(C)C)c1. The molecule has 1 aromatic heterocycles. The lowest BCUT2D eigenvalue weighted by atomic mass is 9.86. The van der Waals surface area contributed by atoms with Gasteiger partial charge in [-0.3, -0.25) is 0 Å². The molecule has 0 spiro atoms. The van der Waals surface area contributed by atoms with Gasteiger partial charge in [0, 0.05) is 5.41 Å². The lowest BCUT2D eigenvalue weighted by molar-refractivity contribution is 0.409. The van der Waals surface area contributed by atoms with Crippen LogP contribution in [0.15, 0.2) is 12.3 Å². The van der Waals surface area contributed by atoms with Crippen molar-refractivity contribution in [2.24, 2.45) is 5.41 Å². The van der Waals surface area contributed by atoms with Crippen LogP contribution in [-0.2, 0) is 11.8 Å². The molecular weight excluding hydrogens is 184 g/mol. The van der Waals surface area contributed by atoms with E-state index in [1.807, 2.05) is 6.20 Å². The van der Waals surface area contributed by atoms with Crippen LogP contribution < -0.4 is 0 Å². The molecule has 0 saturated carbocycles. The number of hydrogen-bond acceptors (Lipinski definition) is 2. The molecule has 0 saturated heterocycles. The second-order valence-electron chi connectivity index (χ2n) is 6.44. The highest BCUT2D eigenvalue weighted by atomic mass is 15.1. The van der Waals surface area contributed by atoms with Gasteiger partial charge in [-0.05, 0) is 23.5 Å². The molecule has 15 heavy (non-hydrogen) atoms. The summed E-state index contributed by atoms with van der Waals surface area (Å²) in [6, 6.07) is 2.18. The topological polar surface area (TPSA) is 25.8 Å². The number of aromatic nitrogens is 2. The van der Waals surface area contributed by atoms with Gasteiger partial charge >= 0.3 is 0 Å². The Morgan fingerprint density at radius 1 is 1.07 bits per heavy atom. The van der Waals surface area contributed by atoms with E-state index in [9.17, 15) is 0 Å². The van der Waals surface area contributed by atoms with Crippen LogP contribution in [0.25, 0.3) is 0 Å². The Hall–Kier alpha value is -0.920. The van der Waals surface area contributed by atoms with Gasteiger partial charge in [-0.15, -0.1) is 0 Å². The van der Waals surface area contributed by atoms with Crippen molar-refractivity contribution in [2.75, 3.05) is 0 Å². The predicted molar refractivity (Wildman–Crippen MR) is 63.9 cm³/mol. The molecule has 0 unspecified atom stereocenters. The monoisotopic (exact) mass is 206 g/mol. The molecule has 1 rings (SSSR count). The smallest absolute Gasteiger partial charge is 0.0687 e. The number of hydrogen-bond donors (Lipinski definition) is 0. The first kappa shape index (κ1) is 12.2. The summed E-state index contributed by atoms with van der Waals surface area (Å²) in [7, 11) is 0. The minimum absolute atomic E-state index is 0.0842. The fourth-order valence-corrected chi connectivity index (χ4v) is 1.48. The van der Waals surface area contributed by atoms with Crippen molar-refractivity contribution in [3.63, 3.8) is 0 Å². The maximum atomic E-state index is 4.19. The third kappa shape index (κ3) is 3.98. The van der Waals surface area contributed by atoms with Crippen LogP contribution in [0.4, 0.5) is 0 Å². The fraction of sp³-hybridized carbons (Fsp3) is 0.692. The Kier molecular flexibility index (Phi) is 3.17. The van der Waals surface area contributed by atoms with Crippen LogP contribution in [0.3, 0.4) is 0 Å². The Morgan fingerprint density at radius 2 is 1.67 bits per heavy atom. The Labute approximate surface area is 93.1 Å². The molecule has 0 aliphatic rings. The molecule has 1 aromatic rings. The average molecular weight is 206 g/mol. The van der Waals surface area contributed by atoms with E-state index in [1.165, 1.54) is 5.56 Å². The van der Waals surface area contributed by atoms with Crippen molar-refractivity contribution in [3.8, 4) is 0 Å². The molecule has 84 valence electrons. The minimum Gasteiger partial charge on any atom is -0.159 e. The summed E-state index contributed by atoms with van der Waals surface area (Å²) in [5, 5.41) is 8.28. The summed E-state index contributed by atoms with van der Waals surface area (Å²) in [5.74, 6) is 0. The first-order chi connectivity index (χ1) is 6.68. The fourth-order valence-electron chi connectivity index (χ4n) is 1.48. The molecule has 0 N–H and O–H groups in total. The van der Waals surface area contributed by atoms with Crippen molar-refractivity contribution < 1.29 is 0 Å². The molecule has 0 aromatic carbocycles. The zero-order valence-electron chi connectivity index (χ0n) is 10.8. The summed E-state index contributed by atoms with van der Waals surface area (Å²) < 4.78 is 0. The molecule has 0 aliphatic heterocycles. The minimum atomic E-state index is 0.0842. The van der Waals surface area contributed by atoms with Crippen molar-refractivity contribution >= 4 is 0 Å². The molecular formula is C13H22N2. The summed E-state index contributed by atoms with van der Waals surface area (Å²) in [6.45, 7) is 13.2. The van der Waals surface area contributed by atoms with Crippen molar-refractivity contribution in [1.29, 1.82) is 0 Å². The molecule has 0 fully saturated rings. The molecule has 0 aliphatic carbocycles. The first-order valence-electron chi connectivity index (χ1n) is 5.50. The van der Waals surface area contributed by atoms with Crippen molar-refractivity contribution in [3.05, 3.63) is 23.5 Å². The van der Waals surface area contributed by atoms with Crippen LogP contribution >= 0.6 is 0 Å². The highest BCUT2D eigenvalue weighted by Gasteiger charge is 2.18. The lowest BCUT2D eigenvalue weighted by Gasteiger charge is -2.21. The van der Waals surface area contributed by atoms with E-state index in [4.69, 9.17) is 0 Å². The third-order valence-electron chi connectivity index (χ3n) is 2.21. The van der Waals surface area contributed by atoms with Crippen LogP contribution in [0, 0.1) is 5.41 Å². The molecule has 0 radical (unpaired) electrons. The first-order valence-corrected chi connectivity index (χ1v) is 5.50. The lowest BCUT2D eigenvalue weighted by Crippen LogP contribution is -2.16. The zero-order chi connectivity index (χ0) is 11.7. The third-order valence-corrected chi connectivity index (χ3v) is 2.21. The molecule has 2 heteroatoms. The second kappa shape index (κ2) is 3.92. The van der Waals surface area contributed by atoms with E-state index in [-0.39, 0.29) is 5.41 Å². The van der Waals surface area contributed by atoms with Gasteiger partial charge in [-0.25, -0.2) is 0 Å². The normalized spacial score (nSPS) is 12.9. The van der Waals surface area contributed by atoms with E-state index < -0.39 is 0 Å². The van der Waals surface area contributed by atoms with Gasteiger partial charge in [-0.2, -0.15) is 10.2 Å². The van der Waals surface area contributed by atoms with E-state index in [2.05, 4.69) is 57.8 Å². The van der Waals surface area contributed by atoms with E-state index in [1.54, 1.807) is 0 Å². The van der Waals surface area contributed by atoms with Crippen LogP contribution in [0.2, 0.25) is 0 Å². The van der Waals surface area contributed by atoms with Gasteiger partial charge in [-0.1, -0.05) is 41.5 Å². The van der Waals surface area contributed by atoms with E-state index in [0.717, 1.165) is 12.1 Å². The van der Waals surface area contributed by atoms with Gasteiger partial charge in [0.05, 0.1) is 11.9 Å². The summed E-state index contributed by atoms with van der Waals surface area (Å²) in [4.78, 5) is 0. The molecule has 0 amide bonds. The highest BCUT2D eigenvalue weighted by Crippen LogP contribution is 2.24. The van der Waals surface area contributed by atoms with Crippen LogP contribution in [0.5, 0.6) is 0 Å². The summed E-state index contributed by atoms with van der Waals surface area (Å²) in [5.41, 5.74) is 2.74. The maximum absolute atomic E-state index is 4.19. The van der Waals surface area contributed by atoms with E-state index in [0.29, 0.717) is 5.41 Å². The zero-order valence-corrected chi connectivity index (χ0v) is 10.8. The Balaban J connectivity index is 2.94. The van der Waals surface area contributed by atoms with Crippen molar-refractivity contribution in [1.82, 2.24) is 10.2 Å². The maximum Gasteiger partial charge on any atom is 0.0687 e. The summed E-state index contributed by atoms with van der Waals surface area (Å²) in [6.07, 6.45) is 2.92. The van der Waals surface area contributed by atoms with E-state index >= 15 is 0 Å². The second-order valence-corrected chi connectivity index (χ2v) is 6.44. The average Bonchev–Trinajstić information content (AvgIpc) is 1.99. The number of rotatable bonds is 1. The van der Waals surface area contributed by atoms with Gasteiger partial charge in [0.25, 0.3) is 0 Å². The number of nitrogens with zero attached hydrogens (tertiary/aromatic N) is 2. The molecule has 1 heterocycles. The molecule has 2 nitrogen and oxygen atoms in total.